The zero-order chi connectivity index (χ0) is 14.5. The van der Waals surface area contributed by atoms with Gasteiger partial charge < -0.3 is 15.4 Å². The molecule has 0 aliphatic heterocycles. The highest BCUT2D eigenvalue weighted by Crippen LogP contribution is 2.29. The summed E-state index contributed by atoms with van der Waals surface area (Å²) >= 11 is 5.89. The standard InChI is InChI=1S/C14H14ClN3O2/c1-16-14(19)9-8-17-13(15)7-11(9)18-10-5-3-4-6-12(10)20-2/h3-8H,1-2H3,(H,16,19)(H,17,18). The predicted molar refractivity (Wildman–Crippen MR) is 78.9 cm³/mol. The van der Waals surface area contributed by atoms with Gasteiger partial charge in [-0.1, -0.05) is 23.7 Å². The number of carbonyl (C=O) groups is 1. The fourth-order valence-corrected chi connectivity index (χ4v) is 1.90. The molecule has 0 fully saturated rings. The number of hydrogen-bond acceptors (Lipinski definition) is 4. The van der Waals surface area contributed by atoms with Crippen LogP contribution in [-0.4, -0.2) is 25.0 Å². The summed E-state index contributed by atoms with van der Waals surface area (Å²) in [5, 5.41) is 6.00. The normalized spacial score (nSPS) is 9.95. The quantitative estimate of drug-likeness (QED) is 0.850. The maximum atomic E-state index is 11.8. The van der Waals surface area contributed by atoms with Gasteiger partial charge >= 0.3 is 0 Å². The van der Waals surface area contributed by atoms with Gasteiger partial charge in [-0.3, -0.25) is 4.79 Å². The molecule has 5 nitrogen and oxygen atoms in total. The van der Waals surface area contributed by atoms with Crippen molar-refractivity contribution in [2.75, 3.05) is 19.5 Å². The summed E-state index contributed by atoms with van der Waals surface area (Å²) in [4.78, 5) is 15.8. The number of hydrogen-bond donors (Lipinski definition) is 2. The fraction of sp³-hybridized carbons (Fsp3) is 0.143. The smallest absolute Gasteiger partial charge is 0.254 e. The summed E-state index contributed by atoms with van der Waals surface area (Å²) in [6.45, 7) is 0. The molecule has 2 aromatic rings. The Morgan fingerprint density at radius 3 is 2.75 bits per heavy atom. The first-order chi connectivity index (χ1) is 9.65. The topological polar surface area (TPSA) is 63.2 Å². The Morgan fingerprint density at radius 2 is 2.05 bits per heavy atom. The Labute approximate surface area is 121 Å². The van der Waals surface area contributed by atoms with Crippen LogP contribution in [-0.2, 0) is 0 Å². The molecule has 0 radical (unpaired) electrons. The van der Waals surface area contributed by atoms with Gasteiger partial charge in [0.15, 0.2) is 0 Å². The second kappa shape index (κ2) is 6.25. The van der Waals surface area contributed by atoms with Crippen molar-refractivity contribution in [2.45, 2.75) is 0 Å². The number of aromatic nitrogens is 1. The van der Waals surface area contributed by atoms with Crippen LogP contribution >= 0.6 is 11.6 Å². The molecule has 2 rings (SSSR count). The summed E-state index contributed by atoms with van der Waals surface area (Å²) < 4.78 is 5.26. The second-order valence-corrected chi connectivity index (χ2v) is 4.34. The van der Waals surface area contributed by atoms with Crippen LogP contribution in [0.3, 0.4) is 0 Å². The zero-order valence-corrected chi connectivity index (χ0v) is 11.9. The molecule has 1 heterocycles. The highest BCUT2D eigenvalue weighted by Gasteiger charge is 2.13. The summed E-state index contributed by atoms with van der Waals surface area (Å²) in [6, 6.07) is 9.00. The number of anilines is 2. The minimum absolute atomic E-state index is 0.244. The van der Waals surface area contributed by atoms with Crippen molar-refractivity contribution < 1.29 is 9.53 Å². The number of nitrogens with zero attached hydrogens (tertiary/aromatic N) is 1. The largest absolute Gasteiger partial charge is 0.495 e. The number of nitrogens with one attached hydrogen (secondary N) is 2. The lowest BCUT2D eigenvalue weighted by Crippen LogP contribution is -2.19. The molecule has 0 atom stereocenters. The van der Waals surface area contributed by atoms with Crippen LogP contribution in [0.5, 0.6) is 5.75 Å². The Hall–Kier alpha value is -2.27. The molecular weight excluding hydrogens is 278 g/mol. The molecule has 0 bridgehead atoms. The van der Waals surface area contributed by atoms with Crippen LogP contribution < -0.4 is 15.4 Å². The third-order valence-electron chi connectivity index (χ3n) is 2.72. The highest BCUT2D eigenvalue weighted by atomic mass is 35.5. The van der Waals surface area contributed by atoms with E-state index in [1.807, 2.05) is 24.3 Å². The van der Waals surface area contributed by atoms with Crippen molar-refractivity contribution in [1.82, 2.24) is 10.3 Å². The van der Waals surface area contributed by atoms with E-state index in [2.05, 4.69) is 15.6 Å². The van der Waals surface area contributed by atoms with Gasteiger partial charge in [0.1, 0.15) is 10.9 Å². The van der Waals surface area contributed by atoms with E-state index >= 15 is 0 Å². The molecule has 6 heteroatoms. The van der Waals surface area contributed by atoms with Gasteiger partial charge in [0.2, 0.25) is 0 Å². The van der Waals surface area contributed by atoms with Crippen LogP contribution in [0.2, 0.25) is 5.15 Å². The van der Waals surface area contributed by atoms with Crippen molar-refractivity contribution in [3.05, 3.63) is 47.2 Å². The minimum atomic E-state index is -0.244. The summed E-state index contributed by atoms with van der Waals surface area (Å²) in [7, 11) is 3.14. The molecule has 0 saturated carbocycles. The van der Waals surface area contributed by atoms with Crippen molar-refractivity contribution in [3.8, 4) is 5.75 Å². The number of methoxy groups -OCH3 is 1. The Balaban J connectivity index is 2.42. The van der Waals surface area contributed by atoms with Crippen molar-refractivity contribution in [2.24, 2.45) is 0 Å². The van der Waals surface area contributed by atoms with E-state index in [1.54, 1.807) is 20.2 Å². The molecule has 0 aliphatic carbocycles. The lowest BCUT2D eigenvalue weighted by atomic mass is 10.2. The second-order valence-electron chi connectivity index (χ2n) is 3.96. The zero-order valence-electron chi connectivity index (χ0n) is 11.1. The molecular formula is C14H14ClN3O2. The molecule has 2 N–H and O–H groups in total. The van der Waals surface area contributed by atoms with Gasteiger partial charge in [-0.25, -0.2) is 4.98 Å². The van der Waals surface area contributed by atoms with Crippen LogP contribution in [0.1, 0.15) is 10.4 Å². The van der Waals surface area contributed by atoms with E-state index in [1.165, 1.54) is 6.20 Å². The van der Waals surface area contributed by atoms with Gasteiger partial charge in [0.25, 0.3) is 5.91 Å². The minimum Gasteiger partial charge on any atom is -0.495 e. The number of amides is 1. The summed E-state index contributed by atoms with van der Waals surface area (Å²) in [6.07, 6.45) is 1.43. The van der Waals surface area contributed by atoms with E-state index in [9.17, 15) is 4.79 Å². The number of ether oxygens (including phenoxy) is 1. The first-order valence-electron chi connectivity index (χ1n) is 5.93. The lowest BCUT2D eigenvalue weighted by Gasteiger charge is -2.13. The van der Waals surface area contributed by atoms with Gasteiger partial charge in [-0.2, -0.15) is 0 Å². The average Bonchev–Trinajstić information content (AvgIpc) is 2.47. The Morgan fingerprint density at radius 1 is 1.30 bits per heavy atom. The van der Waals surface area contributed by atoms with Crippen molar-refractivity contribution in [1.29, 1.82) is 0 Å². The maximum absolute atomic E-state index is 11.8. The van der Waals surface area contributed by atoms with Crippen molar-refractivity contribution in [3.63, 3.8) is 0 Å². The predicted octanol–water partition coefficient (Wildman–Crippen LogP) is 2.85. The van der Waals surface area contributed by atoms with E-state index in [-0.39, 0.29) is 5.91 Å². The number of rotatable bonds is 4. The molecule has 1 aromatic heterocycles. The van der Waals surface area contributed by atoms with Crippen LogP contribution in [0.25, 0.3) is 0 Å². The molecule has 0 unspecified atom stereocenters. The molecule has 0 aliphatic rings. The SMILES string of the molecule is CNC(=O)c1cnc(Cl)cc1Nc1ccccc1OC. The van der Waals surface area contributed by atoms with E-state index in [4.69, 9.17) is 16.3 Å². The van der Waals surface area contributed by atoms with Gasteiger partial charge in [0, 0.05) is 13.2 Å². The Kier molecular flexibility index (Phi) is 4.42. The van der Waals surface area contributed by atoms with Crippen LogP contribution in [0.4, 0.5) is 11.4 Å². The maximum Gasteiger partial charge on any atom is 0.254 e. The first kappa shape index (κ1) is 14.1. The molecule has 104 valence electrons. The van der Waals surface area contributed by atoms with E-state index in [0.29, 0.717) is 22.2 Å². The number of carbonyl (C=O) groups excluding carboxylic acids is 1. The monoisotopic (exact) mass is 291 g/mol. The van der Waals surface area contributed by atoms with Crippen LogP contribution in [0.15, 0.2) is 36.5 Å². The van der Waals surface area contributed by atoms with E-state index in [0.717, 1.165) is 5.69 Å². The number of benzene rings is 1. The lowest BCUT2D eigenvalue weighted by molar-refractivity contribution is 0.0963. The third kappa shape index (κ3) is 3.00. The van der Waals surface area contributed by atoms with Crippen LogP contribution in [0, 0.1) is 0 Å². The van der Waals surface area contributed by atoms with Gasteiger partial charge in [-0.05, 0) is 18.2 Å². The molecule has 0 spiro atoms. The first-order valence-corrected chi connectivity index (χ1v) is 6.31. The highest BCUT2D eigenvalue weighted by molar-refractivity contribution is 6.29. The summed E-state index contributed by atoms with van der Waals surface area (Å²) in [5.41, 5.74) is 1.71. The number of halogens is 1. The average molecular weight is 292 g/mol. The summed E-state index contributed by atoms with van der Waals surface area (Å²) in [5.74, 6) is 0.426. The number of para-hydroxylation sites is 2. The molecule has 0 saturated heterocycles. The van der Waals surface area contributed by atoms with Crippen molar-refractivity contribution >= 4 is 28.9 Å². The Bertz CT molecular complexity index is 632. The number of pyridine rings is 1. The molecule has 1 aromatic carbocycles. The molecule has 20 heavy (non-hydrogen) atoms. The molecule has 1 amide bonds. The van der Waals surface area contributed by atoms with Gasteiger partial charge in [0.05, 0.1) is 24.0 Å². The van der Waals surface area contributed by atoms with Gasteiger partial charge in [-0.15, -0.1) is 0 Å². The fourth-order valence-electron chi connectivity index (χ4n) is 1.74. The third-order valence-corrected chi connectivity index (χ3v) is 2.93. The van der Waals surface area contributed by atoms with E-state index < -0.39 is 0 Å².